The van der Waals surface area contributed by atoms with Crippen LogP contribution in [0.25, 0.3) is 0 Å². The van der Waals surface area contributed by atoms with Gasteiger partial charge in [-0.05, 0) is 25.5 Å². The van der Waals surface area contributed by atoms with E-state index in [1.807, 2.05) is 12.1 Å². The predicted molar refractivity (Wildman–Crippen MR) is 70.2 cm³/mol. The smallest absolute Gasteiger partial charge is 0.165 e. The maximum atomic E-state index is 5.67. The molecule has 1 N–H and O–H groups in total. The summed E-state index contributed by atoms with van der Waals surface area (Å²) in [6.07, 6.45) is 2.22. The summed E-state index contributed by atoms with van der Waals surface area (Å²) < 4.78 is 16.2. The third-order valence-electron chi connectivity index (χ3n) is 2.92. The Morgan fingerprint density at radius 1 is 1.22 bits per heavy atom. The molecule has 1 heterocycles. The van der Waals surface area contributed by atoms with E-state index in [0.717, 1.165) is 44.0 Å². The number of ether oxygens (including phenoxy) is 3. The zero-order valence-corrected chi connectivity index (χ0v) is 10.9. The van der Waals surface area contributed by atoms with Crippen molar-refractivity contribution in [2.24, 2.45) is 0 Å². The lowest BCUT2D eigenvalue weighted by Gasteiger charge is -2.21. The minimum atomic E-state index is 0.637. The molecule has 0 spiro atoms. The topological polar surface area (TPSA) is 39.7 Å². The lowest BCUT2D eigenvalue weighted by molar-refractivity contribution is 0.169. The highest BCUT2D eigenvalue weighted by molar-refractivity contribution is 5.47. The molecule has 0 aliphatic carbocycles. The molecule has 1 aliphatic heterocycles. The van der Waals surface area contributed by atoms with Gasteiger partial charge >= 0.3 is 0 Å². The van der Waals surface area contributed by atoms with Crippen LogP contribution in [0, 0.1) is 0 Å². The molecule has 1 aliphatic rings. The van der Waals surface area contributed by atoms with Gasteiger partial charge in [0.05, 0.1) is 0 Å². The second kappa shape index (κ2) is 7.24. The monoisotopic (exact) mass is 251 g/mol. The Bertz CT molecular complexity index is 368. The van der Waals surface area contributed by atoms with Crippen molar-refractivity contribution in [3.63, 3.8) is 0 Å². The van der Waals surface area contributed by atoms with E-state index >= 15 is 0 Å². The van der Waals surface area contributed by atoms with Gasteiger partial charge in [0.15, 0.2) is 11.5 Å². The van der Waals surface area contributed by atoms with Gasteiger partial charge in [-0.1, -0.05) is 12.1 Å². The summed E-state index contributed by atoms with van der Waals surface area (Å²) >= 11 is 0. The summed E-state index contributed by atoms with van der Waals surface area (Å²) in [5.74, 6) is 1.76. The predicted octanol–water partition coefficient (Wildman–Crippen LogP) is 1.97. The van der Waals surface area contributed by atoms with Gasteiger partial charge in [0.25, 0.3) is 0 Å². The van der Waals surface area contributed by atoms with E-state index in [2.05, 4.69) is 11.4 Å². The number of nitrogens with one attached hydrogen (secondary N) is 1. The maximum Gasteiger partial charge on any atom is 0.165 e. The molecule has 2 rings (SSSR count). The lowest BCUT2D eigenvalue weighted by Crippen LogP contribution is -2.20. The van der Waals surface area contributed by atoms with E-state index in [9.17, 15) is 0 Å². The van der Waals surface area contributed by atoms with E-state index in [-0.39, 0.29) is 0 Å². The highest BCUT2D eigenvalue weighted by atomic mass is 16.6. The Kier molecular flexibility index (Phi) is 5.30. The zero-order valence-electron chi connectivity index (χ0n) is 10.9. The molecule has 1 aromatic carbocycles. The third kappa shape index (κ3) is 3.62. The second-order valence-electron chi connectivity index (χ2n) is 4.32. The molecule has 0 saturated heterocycles. The van der Waals surface area contributed by atoms with Gasteiger partial charge in [-0.25, -0.2) is 0 Å². The van der Waals surface area contributed by atoms with Crippen LogP contribution >= 0.6 is 0 Å². The van der Waals surface area contributed by atoms with E-state index in [1.54, 1.807) is 7.11 Å². The minimum absolute atomic E-state index is 0.637. The first-order valence-electron chi connectivity index (χ1n) is 6.49. The average molecular weight is 251 g/mol. The summed E-state index contributed by atoms with van der Waals surface area (Å²) in [5.41, 5.74) is 1.17. The van der Waals surface area contributed by atoms with Crippen LogP contribution in [-0.4, -0.2) is 33.5 Å². The Labute approximate surface area is 108 Å². The van der Waals surface area contributed by atoms with Crippen molar-refractivity contribution in [2.45, 2.75) is 19.4 Å². The van der Waals surface area contributed by atoms with Crippen molar-refractivity contribution in [1.82, 2.24) is 5.32 Å². The first kappa shape index (κ1) is 13.2. The Morgan fingerprint density at radius 3 is 3.00 bits per heavy atom. The Balaban J connectivity index is 1.79. The number of benzene rings is 1. The molecular formula is C14H21NO3. The average Bonchev–Trinajstić information content (AvgIpc) is 2.43. The molecule has 0 radical (unpaired) electrons. The normalized spacial score (nSPS) is 13.6. The van der Waals surface area contributed by atoms with Gasteiger partial charge in [-0.15, -0.1) is 0 Å². The van der Waals surface area contributed by atoms with Crippen molar-refractivity contribution in [2.75, 3.05) is 33.5 Å². The number of hydrogen-bond donors (Lipinski definition) is 1. The quantitative estimate of drug-likeness (QED) is 0.752. The molecule has 0 amide bonds. The third-order valence-corrected chi connectivity index (χ3v) is 2.92. The molecule has 0 aromatic heterocycles. The largest absolute Gasteiger partial charge is 0.486 e. The van der Waals surface area contributed by atoms with E-state index in [0.29, 0.717) is 13.2 Å². The highest BCUT2D eigenvalue weighted by Gasteiger charge is 2.14. The van der Waals surface area contributed by atoms with Crippen LogP contribution in [0.4, 0.5) is 0 Å². The Hall–Kier alpha value is -1.26. The molecule has 100 valence electrons. The van der Waals surface area contributed by atoms with Crippen LogP contribution in [0.1, 0.15) is 18.4 Å². The number of para-hydroxylation sites is 1. The van der Waals surface area contributed by atoms with Crippen molar-refractivity contribution in [3.05, 3.63) is 23.8 Å². The zero-order chi connectivity index (χ0) is 12.6. The van der Waals surface area contributed by atoms with Crippen LogP contribution in [0.5, 0.6) is 11.5 Å². The van der Waals surface area contributed by atoms with Gasteiger partial charge in [0.1, 0.15) is 13.2 Å². The van der Waals surface area contributed by atoms with E-state index < -0.39 is 0 Å². The second-order valence-corrected chi connectivity index (χ2v) is 4.32. The molecular weight excluding hydrogens is 230 g/mol. The fourth-order valence-corrected chi connectivity index (χ4v) is 1.99. The number of hydrogen-bond acceptors (Lipinski definition) is 4. The van der Waals surface area contributed by atoms with Gasteiger partial charge in [-0.3, -0.25) is 0 Å². The summed E-state index contributed by atoms with van der Waals surface area (Å²) in [6.45, 7) is 3.92. The van der Waals surface area contributed by atoms with Crippen molar-refractivity contribution >= 4 is 0 Å². The Morgan fingerprint density at radius 2 is 2.11 bits per heavy atom. The summed E-state index contributed by atoms with van der Waals surface area (Å²) in [7, 11) is 1.74. The van der Waals surface area contributed by atoms with E-state index in [1.165, 1.54) is 5.56 Å². The first-order chi connectivity index (χ1) is 8.92. The number of unbranched alkanes of at least 4 members (excludes halogenated alkanes) is 1. The molecule has 0 bridgehead atoms. The standard InChI is InChI=1S/C14H21NO3/c1-16-8-3-2-7-15-11-12-5-4-6-13-14(12)18-10-9-17-13/h4-6,15H,2-3,7-11H2,1H3. The van der Waals surface area contributed by atoms with Crippen LogP contribution < -0.4 is 14.8 Å². The van der Waals surface area contributed by atoms with Crippen molar-refractivity contribution < 1.29 is 14.2 Å². The minimum Gasteiger partial charge on any atom is -0.486 e. The van der Waals surface area contributed by atoms with Gasteiger partial charge in [-0.2, -0.15) is 0 Å². The molecule has 0 saturated carbocycles. The van der Waals surface area contributed by atoms with Crippen LogP contribution in [0.2, 0.25) is 0 Å². The van der Waals surface area contributed by atoms with Crippen molar-refractivity contribution in [1.29, 1.82) is 0 Å². The molecule has 4 heteroatoms. The van der Waals surface area contributed by atoms with Gasteiger partial charge < -0.3 is 19.5 Å². The number of fused-ring (bicyclic) bond motifs is 1. The van der Waals surface area contributed by atoms with Crippen LogP contribution in [0.15, 0.2) is 18.2 Å². The molecule has 4 nitrogen and oxygen atoms in total. The molecule has 18 heavy (non-hydrogen) atoms. The fourth-order valence-electron chi connectivity index (χ4n) is 1.99. The molecule has 1 aromatic rings. The SMILES string of the molecule is COCCCCNCc1cccc2c1OCCO2. The van der Waals surface area contributed by atoms with Crippen molar-refractivity contribution in [3.8, 4) is 11.5 Å². The fraction of sp³-hybridized carbons (Fsp3) is 0.571. The summed E-state index contributed by atoms with van der Waals surface area (Å²) in [5, 5.41) is 3.42. The summed E-state index contributed by atoms with van der Waals surface area (Å²) in [4.78, 5) is 0. The van der Waals surface area contributed by atoms with Gasteiger partial charge in [0, 0.05) is 25.8 Å². The van der Waals surface area contributed by atoms with Crippen LogP contribution in [0.3, 0.4) is 0 Å². The maximum absolute atomic E-state index is 5.67. The number of methoxy groups -OCH3 is 1. The lowest BCUT2D eigenvalue weighted by atomic mass is 10.1. The summed E-state index contributed by atoms with van der Waals surface area (Å²) in [6, 6.07) is 6.04. The van der Waals surface area contributed by atoms with E-state index in [4.69, 9.17) is 14.2 Å². The molecule has 0 unspecified atom stereocenters. The highest BCUT2D eigenvalue weighted by Crippen LogP contribution is 2.33. The van der Waals surface area contributed by atoms with Gasteiger partial charge in [0.2, 0.25) is 0 Å². The first-order valence-corrected chi connectivity index (χ1v) is 6.49. The van der Waals surface area contributed by atoms with Crippen LogP contribution in [-0.2, 0) is 11.3 Å². The molecule has 0 atom stereocenters. The number of rotatable bonds is 7. The molecule has 0 fully saturated rings.